The zero-order valence-corrected chi connectivity index (χ0v) is 13.7. The number of carboxylic acid groups (broad SMARTS) is 1. The zero-order chi connectivity index (χ0) is 14.8. The zero-order valence-electron chi connectivity index (χ0n) is 12.1. The Kier molecular flexibility index (Phi) is 4.86. The van der Waals surface area contributed by atoms with E-state index < -0.39 is 5.97 Å². The van der Waals surface area contributed by atoms with Crippen molar-refractivity contribution in [3.63, 3.8) is 0 Å². The summed E-state index contributed by atoms with van der Waals surface area (Å²) in [4.78, 5) is 10.9. The van der Waals surface area contributed by atoms with Crippen LogP contribution in [0, 0.1) is 5.41 Å². The molecule has 1 saturated carbocycles. The minimum atomic E-state index is -0.890. The van der Waals surface area contributed by atoms with Gasteiger partial charge in [0.05, 0.1) is 5.56 Å². The monoisotopic (exact) mass is 339 g/mol. The maximum absolute atomic E-state index is 10.9. The third-order valence-electron chi connectivity index (χ3n) is 4.09. The van der Waals surface area contributed by atoms with Crippen LogP contribution in [0.4, 0.5) is 0 Å². The highest BCUT2D eigenvalue weighted by Crippen LogP contribution is 2.35. The molecule has 1 aromatic rings. The fraction of sp³-hybridized carbons (Fsp3) is 0.562. The van der Waals surface area contributed by atoms with Crippen molar-refractivity contribution in [2.75, 3.05) is 0 Å². The summed E-state index contributed by atoms with van der Waals surface area (Å²) in [7, 11) is 0. The molecular weight excluding hydrogens is 318 g/mol. The first-order valence-corrected chi connectivity index (χ1v) is 7.92. The predicted molar refractivity (Wildman–Crippen MR) is 84.0 cm³/mol. The Morgan fingerprint density at radius 2 is 2.25 bits per heavy atom. The van der Waals surface area contributed by atoms with Crippen molar-refractivity contribution in [3.8, 4) is 0 Å². The van der Waals surface area contributed by atoms with Gasteiger partial charge in [-0.2, -0.15) is 0 Å². The van der Waals surface area contributed by atoms with Crippen molar-refractivity contribution in [1.29, 1.82) is 0 Å². The van der Waals surface area contributed by atoms with E-state index >= 15 is 0 Å². The molecule has 0 saturated heterocycles. The van der Waals surface area contributed by atoms with Gasteiger partial charge >= 0.3 is 5.97 Å². The van der Waals surface area contributed by atoms with Gasteiger partial charge < -0.3 is 10.4 Å². The van der Waals surface area contributed by atoms with E-state index in [0.29, 0.717) is 17.0 Å². The molecule has 0 aromatic heterocycles. The van der Waals surface area contributed by atoms with Gasteiger partial charge in [0, 0.05) is 17.1 Å². The Balaban J connectivity index is 1.95. The molecule has 0 heterocycles. The van der Waals surface area contributed by atoms with Crippen molar-refractivity contribution in [2.45, 2.75) is 52.1 Å². The summed E-state index contributed by atoms with van der Waals surface area (Å²) in [5.41, 5.74) is 1.86. The highest BCUT2D eigenvalue weighted by Gasteiger charge is 2.27. The van der Waals surface area contributed by atoms with E-state index in [0.717, 1.165) is 16.6 Å². The van der Waals surface area contributed by atoms with E-state index in [9.17, 15) is 4.79 Å². The summed E-state index contributed by atoms with van der Waals surface area (Å²) >= 11 is 3.46. The van der Waals surface area contributed by atoms with Crippen molar-refractivity contribution in [3.05, 3.63) is 33.8 Å². The standard InChI is InChI=1S/C16H22BrNO2/c1-16(2)7-3-4-13(9-16)18-10-12-6-5-11(15(19)20)8-14(12)17/h5-6,8,13,18H,3-4,7,9-10H2,1-2H3,(H,19,20). The van der Waals surface area contributed by atoms with Crippen molar-refractivity contribution >= 4 is 21.9 Å². The number of aromatic carboxylic acids is 1. The molecular formula is C16H22BrNO2. The van der Waals surface area contributed by atoms with Crippen LogP contribution in [0.15, 0.2) is 22.7 Å². The van der Waals surface area contributed by atoms with E-state index in [2.05, 4.69) is 35.1 Å². The summed E-state index contributed by atoms with van der Waals surface area (Å²) in [6.07, 6.45) is 5.03. The summed E-state index contributed by atoms with van der Waals surface area (Å²) in [6, 6.07) is 5.78. The molecule has 2 N–H and O–H groups in total. The fourth-order valence-corrected chi connectivity index (χ4v) is 3.47. The molecule has 1 atom stereocenters. The van der Waals surface area contributed by atoms with Crippen LogP contribution in [-0.2, 0) is 6.54 Å². The largest absolute Gasteiger partial charge is 0.478 e. The minimum Gasteiger partial charge on any atom is -0.478 e. The highest BCUT2D eigenvalue weighted by molar-refractivity contribution is 9.10. The quantitative estimate of drug-likeness (QED) is 0.863. The number of rotatable bonds is 4. The smallest absolute Gasteiger partial charge is 0.335 e. The fourth-order valence-electron chi connectivity index (χ4n) is 2.95. The molecule has 1 aliphatic rings. The van der Waals surface area contributed by atoms with Crippen molar-refractivity contribution in [2.24, 2.45) is 5.41 Å². The van der Waals surface area contributed by atoms with E-state index in [1.165, 1.54) is 25.7 Å². The summed E-state index contributed by atoms with van der Waals surface area (Å²) in [5, 5.41) is 12.6. The van der Waals surface area contributed by atoms with Crippen LogP contribution >= 0.6 is 15.9 Å². The van der Waals surface area contributed by atoms with Crippen LogP contribution in [0.25, 0.3) is 0 Å². The molecule has 110 valence electrons. The van der Waals surface area contributed by atoms with Crippen LogP contribution in [0.1, 0.15) is 55.5 Å². The first-order valence-electron chi connectivity index (χ1n) is 7.12. The molecule has 4 heteroatoms. The topological polar surface area (TPSA) is 49.3 Å². The molecule has 1 fully saturated rings. The maximum Gasteiger partial charge on any atom is 0.335 e. The third-order valence-corrected chi connectivity index (χ3v) is 4.82. The molecule has 0 aliphatic heterocycles. The predicted octanol–water partition coefficient (Wildman–Crippen LogP) is 4.21. The van der Waals surface area contributed by atoms with Gasteiger partial charge in [-0.25, -0.2) is 4.79 Å². The van der Waals surface area contributed by atoms with Crippen LogP contribution in [0.2, 0.25) is 0 Å². The van der Waals surface area contributed by atoms with Gasteiger partial charge in [-0.15, -0.1) is 0 Å². The Labute approximate surface area is 128 Å². The second kappa shape index (κ2) is 6.27. The summed E-state index contributed by atoms with van der Waals surface area (Å²) in [6.45, 7) is 5.44. The second-order valence-corrected chi connectivity index (χ2v) is 7.30. The number of carboxylic acids is 1. The maximum atomic E-state index is 10.9. The molecule has 0 amide bonds. The van der Waals surface area contributed by atoms with Gasteiger partial charge in [0.2, 0.25) is 0 Å². The molecule has 1 aliphatic carbocycles. The normalized spacial score (nSPS) is 21.6. The van der Waals surface area contributed by atoms with Crippen molar-refractivity contribution < 1.29 is 9.90 Å². The molecule has 1 unspecified atom stereocenters. The van der Waals surface area contributed by atoms with Crippen LogP contribution < -0.4 is 5.32 Å². The first-order chi connectivity index (χ1) is 9.37. The van der Waals surface area contributed by atoms with Crippen LogP contribution in [-0.4, -0.2) is 17.1 Å². The number of halogens is 1. The average Bonchev–Trinajstić information content (AvgIpc) is 2.36. The van der Waals surface area contributed by atoms with Gasteiger partial charge in [-0.05, 0) is 42.4 Å². The molecule has 2 rings (SSSR count). The first kappa shape index (κ1) is 15.5. The van der Waals surface area contributed by atoms with Crippen LogP contribution in [0.5, 0.6) is 0 Å². The number of hydrogen-bond donors (Lipinski definition) is 2. The lowest BCUT2D eigenvalue weighted by molar-refractivity contribution is 0.0696. The Morgan fingerprint density at radius 3 is 2.85 bits per heavy atom. The number of benzene rings is 1. The molecule has 0 bridgehead atoms. The number of carbonyl (C=O) groups is 1. The lowest BCUT2D eigenvalue weighted by Crippen LogP contribution is -2.36. The summed E-state index contributed by atoms with van der Waals surface area (Å²) in [5.74, 6) is -0.890. The second-order valence-electron chi connectivity index (χ2n) is 6.45. The minimum absolute atomic E-state index is 0.319. The molecule has 0 radical (unpaired) electrons. The highest BCUT2D eigenvalue weighted by atomic mass is 79.9. The Bertz CT molecular complexity index is 499. The van der Waals surface area contributed by atoms with E-state index in [-0.39, 0.29) is 0 Å². The average molecular weight is 340 g/mol. The van der Waals surface area contributed by atoms with Crippen molar-refractivity contribution in [1.82, 2.24) is 5.32 Å². The van der Waals surface area contributed by atoms with Gasteiger partial charge in [0.1, 0.15) is 0 Å². The van der Waals surface area contributed by atoms with Gasteiger partial charge in [0.15, 0.2) is 0 Å². The van der Waals surface area contributed by atoms with Gasteiger partial charge in [-0.3, -0.25) is 0 Å². The lowest BCUT2D eigenvalue weighted by atomic mass is 9.75. The number of nitrogens with one attached hydrogen (secondary N) is 1. The van der Waals surface area contributed by atoms with Crippen LogP contribution in [0.3, 0.4) is 0 Å². The lowest BCUT2D eigenvalue weighted by Gasteiger charge is -2.35. The van der Waals surface area contributed by atoms with E-state index in [1.807, 2.05) is 6.07 Å². The van der Waals surface area contributed by atoms with Gasteiger partial charge in [0.25, 0.3) is 0 Å². The Hall–Kier alpha value is -0.870. The van der Waals surface area contributed by atoms with Gasteiger partial charge in [-0.1, -0.05) is 42.3 Å². The molecule has 0 spiro atoms. The Morgan fingerprint density at radius 1 is 1.50 bits per heavy atom. The SMILES string of the molecule is CC1(C)CCCC(NCc2ccc(C(=O)O)cc2Br)C1. The molecule has 3 nitrogen and oxygen atoms in total. The van der Waals surface area contributed by atoms with E-state index in [4.69, 9.17) is 5.11 Å². The number of hydrogen-bond acceptors (Lipinski definition) is 2. The molecule has 1 aromatic carbocycles. The summed E-state index contributed by atoms with van der Waals surface area (Å²) < 4.78 is 0.861. The van der Waals surface area contributed by atoms with E-state index in [1.54, 1.807) is 12.1 Å². The third kappa shape index (κ3) is 4.06. The molecule has 20 heavy (non-hydrogen) atoms.